The van der Waals surface area contributed by atoms with E-state index in [-0.39, 0.29) is 11.6 Å². The fourth-order valence-electron chi connectivity index (χ4n) is 0.584. The van der Waals surface area contributed by atoms with Gasteiger partial charge >= 0.3 is 0 Å². The minimum atomic E-state index is -2.89. The molecule has 2 nitrogen and oxygen atoms in total. The lowest BCUT2D eigenvalue weighted by atomic mass is 10.4. The number of hydrogen-bond donors (Lipinski definition) is 1. The van der Waals surface area contributed by atoms with E-state index in [1.165, 1.54) is 6.20 Å². The van der Waals surface area contributed by atoms with E-state index < -0.39 is 5.92 Å². The SMILES string of the molecule is CC(F)(F)c1ncc(CO)s1. The summed E-state index contributed by atoms with van der Waals surface area (Å²) in [6.45, 7) is 0.556. The van der Waals surface area contributed by atoms with Crippen LogP contribution in [0.5, 0.6) is 0 Å². The minimum absolute atomic E-state index is 0.228. The first kappa shape index (κ1) is 8.55. The summed E-state index contributed by atoms with van der Waals surface area (Å²) in [5.74, 6) is -2.89. The second kappa shape index (κ2) is 2.83. The van der Waals surface area contributed by atoms with Crippen LogP contribution in [-0.4, -0.2) is 10.1 Å². The van der Waals surface area contributed by atoms with Crippen molar-refractivity contribution in [3.63, 3.8) is 0 Å². The van der Waals surface area contributed by atoms with Crippen molar-refractivity contribution in [3.05, 3.63) is 16.1 Å². The molecule has 0 amide bonds. The highest BCUT2D eigenvalue weighted by Crippen LogP contribution is 2.30. The Morgan fingerprint density at radius 3 is 2.64 bits per heavy atom. The average molecular weight is 179 g/mol. The lowest BCUT2D eigenvalue weighted by molar-refractivity contribution is 0.0172. The van der Waals surface area contributed by atoms with Crippen molar-refractivity contribution >= 4 is 11.3 Å². The molecule has 0 spiro atoms. The monoisotopic (exact) mass is 179 g/mol. The minimum Gasteiger partial charge on any atom is -0.391 e. The molecule has 0 atom stereocenters. The zero-order valence-electron chi connectivity index (χ0n) is 5.84. The molecule has 0 aliphatic rings. The third-order valence-electron chi connectivity index (χ3n) is 1.08. The number of aromatic nitrogens is 1. The third-order valence-corrected chi connectivity index (χ3v) is 2.24. The highest BCUT2D eigenvalue weighted by Gasteiger charge is 2.27. The lowest BCUT2D eigenvalue weighted by Crippen LogP contribution is -2.05. The van der Waals surface area contributed by atoms with E-state index in [0.29, 0.717) is 4.88 Å². The van der Waals surface area contributed by atoms with Crippen LogP contribution in [0.3, 0.4) is 0 Å². The first-order chi connectivity index (χ1) is 5.04. The topological polar surface area (TPSA) is 33.1 Å². The molecule has 0 fully saturated rings. The number of rotatable bonds is 2. The number of hydrogen-bond acceptors (Lipinski definition) is 3. The summed E-state index contributed by atoms with van der Waals surface area (Å²) in [6, 6.07) is 0. The van der Waals surface area contributed by atoms with Crippen LogP contribution in [0.25, 0.3) is 0 Å². The Morgan fingerprint density at radius 1 is 1.73 bits per heavy atom. The molecular formula is C6H7F2NOS. The Morgan fingerprint density at radius 2 is 2.36 bits per heavy atom. The number of alkyl halides is 2. The maximum atomic E-state index is 12.5. The molecule has 0 saturated carbocycles. The Bertz CT molecular complexity index is 243. The van der Waals surface area contributed by atoms with Gasteiger partial charge in [0.1, 0.15) is 0 Å². The Kier molecular flexibility index (Phi) is 2.20. The van der Waals surface area contributed by atoms with Gasteiger partial charge in [0.2, 0.25) is 0 Å². The molecule has 1 N–H and O–H groups in total. The summed E-state index contributed by atoms with van der Waals surface area (Å²) in [5, 5.41) is 8.29. The Labute approximate surface area is 66.5 Å². The van der Waals surface area contributed by atoms with Gasteiger partial charge in [-0.05, 0) is 0 Å². The van der Waals surface area contributed by atoms with E-state index in [4.69, 9.17) is 5.11 Å². The van der Waals surface area contributed by atoms with Gasteiger partial charge in [-0.1, -0.05) is 0 Å². The van der Waals surface area contributed by atoms with Gasteiger partial charge in [0.15, 0.2) is 5.01 Å². The van der Waals surface area contributed by atoms with Gasteiger partial charge in [0.25, 0.3) is 5.92 Å². The Balaban J connectivity index is 2.89. The third kappa shape index (κ3) is 1.94. The molecule has 0 aliphatic heterocycles. The molecule has 0 bridgehead atoms. The fourth-order valence-corrected chi connectivity index (χ4v) is 1.29. The molecule has 0 aliphatic carbocycles. The number of nitrogens with zero attached hydrogens (tertiary/aromatic N) is 1. The van der Waals surface area contributed by atoms with Gasteiger partial charge in [0, 0.05) is 13.1 Å². The molecular weight excluding hydrogens is 172 g/mol. The van der Waals surface area contributed by atoms with Crippen molar-refractivity contribution in [2.75, 3.05) is 0 Å². The van der Waals surface area contributed by atoms with E-state index in [1.54, 1.807) is 0 Å². The van der Waals surface area contributed by atoms with Crippen molar-refractivity contribution in [2.24, 2.45) is 0 Å². The molecule has 0 unspecified atom stereocenters. The van der Waals surface area contributed by atoms with Gasteiger partial charge in [-0.15, -0.1) is 11.3 Å². The van der Waals surface area contributed by atoms with Crippen LogP contribution in [-0.2, 0) is 12.5 Å². The molecule has 0 aromatic carbocycles. The summed E-state index contributed by atoms with van der Waals surface area (Å²) in [5.41, 5.74) is 0. The van der Waals surface area contributed by atoms with Crippen LogP contribution >= 0.6 is 11.3 Å². The van der Waals surface area contributed by atoms with Gasteiger partial charge in [-0.2, -0.15) is 8.78 Å². The zero-order valence-corrected chi connectivity index (χ0v) is 6.66. The molecule has 0 radical (unpaired) electrons. The van der Waals surface area contributed by atoms with Crippen molar-refractivity contribution in [1.29, 1.82) is 0 Å². The standard InChI is InChI=1S/C6H7F2NOS/c1-6(7,8)5-9-2-4(3-10)11-5/h2,10H,3H2,1H3. The molecule has 62 valence electrons. The van der Waals surface area contributed by atoms with Gasteiger partial charge in [0.05, 0.1) is 11.5 Å². The van der Waals surface area contributed by atoms with Crippen LogP contribution in [0.2, 0.25) is 0 Å². The lowest BCUT2D eigenvalue weighted by Gasteiger charge is -2.03. The van der Waals surface area contributed by atoms with Crippen molar-refractivity contribution < 1.29 is 13.9 Å². The van der Waals surface area contributed by atoms with E-state index in [0.717, 1.165) is 18.3 Å². The van der Waals surface area contributed by atoms with Gasteiger partial charge in [-0.25, -0.2) is 4.98 Å². The van der Waals surface area contributed by atoms with Crippen LogP contribution in [0, 0.1) is 0 Å². The largest absolute Gasteiger partial charge is 0.391 e. The first-order valence-electron chi connectivity index (χ1n) is 2.98. The zero-order chi connectivity index (χ0) is 8.48. The van der Waals surface area contributed by atoms with Crippen LogP contribution < -0.4 is 0 Å². The normalized spacial score (nSPS) is 12.0. The number of halogens is 2. The van der Waals surface area contributed by atoms with E-state index >= 15 is 0 Å². The Hall–Kier alpha value is -0.550. The smallest absolute Gasteiger partial charge is 0.296 e. The molecule has 1 aromatic rings. The molecule has 5 heteroatoms. The van der Waals surface area contributed by atoms with E-state index in [9.17, 15) is 8.78 Å². The van der Waals surface area contributed by atoms with Crippen molar-refractivity contribution in [1.82, 2.24) is 4.98 Å². The molecule has 1 rings (SSSR count). The van der Waals surface area contributed by atoms with E-state index in [1.807, 2.05) is 0 Å². The van der Waals surface area contributed by atoms with Crippen LogP contribution in [0.15, 0.2) is 6.20 Å². The van der Waals surface area contributed by atoms with Gasteiger partial charge in [-0.3, -0.25) is 0 Å². The predicted molar refractivity (Wildman–Crippen MR) is 37.6 cm³/mol. The summed E-state index contributed by atoms with van der Waals surface area (Å²) >= 11 is 0.829. The fraction of sp³-hybridized carbons (Fsp3) is 0.500. The second-order valence-corrected chi connectivity index (χ2v) is 3.29. The first-order valence-corrected chi connectivity index (χ1v) is 3.79. The van der Waals surface area contributed by atoms with Crippen molar-refractivity contribution in [2.45, 2.75) is 19.5 Å². The summed E-state index contributed by atoms with van der Waals surface area (Å²) in [4.78, 5) is 3.93. The highest BCUT2D eigenvalue weighted by molar-refractivity contribution is 7.11. The average Bonchev–Trinajstić information content (AvgIpc) is 2.32. The predicted octanol–water partition coefficient (Wildman–Crippen LogP) is 1.75. The summed E-state index contributed by atoms with van der Waals surface area (Å²) in [7, 11) is 0. The summed E-state index contributed by atoms with van der Waals surface area (Å²) < 4.78 is 24.9. The molecule has 0 saturated heterocycles. The summed E-state index contributed by atoms with van der Waals surface area (Å²) in [6.07, 6.45) is 1.26. The molecule has 11 heavy (non-hydrogen) atoms. The number of thiazole rings is 1. The van der Waals surface area contributed by atoms with Crippen LogP contribution in [0.1, 0.15) is 16.8 Å². The molecule has 1 heterocycles. The second-order valence-electron chi connectivity index (χ2n) is 2.18. The van der Waals surface area contributed by atoms with Crippen LogP contribution in [0.4, 0.5) is 8.78 Å². The number of aliphatic hydroxyl groups excluding tert-OH is 1. The molecule has 1 aromatic heterocycles. The van der Waals surface area contributed by atoms with Crippen molar-refractivity contribution in [3.8, 4) is 0 Å². The quantitative estimate of drug-likeness (QED) is 0.750. The van der Waals surface area contributed by atoms with E-state index in [2.05, 4.69) is 4.98 Å². The maximum absolute atomic E-state index is 12.5. The number of aliphatic hydroxyl groups is 1. The maximum Gasteiger partial charge on any atom is 0.296 e. The van der Waals surface area contributed by atoms with Gasteiger partial charge < -0.3 is 5.11 Å². The highest BCUT2D eigenvalue weighted by atomic mass is 32.1.